The lowest BCUT2D eigenvalue weighted by molar-refractivity contribution is 0.610. The molecule has 0 aromatic heterocycles. The van der Waals surface area contributed by atoms with Gasteiger partial charge in [-0.15, -0.1) is 0 Å². The Morgan fingerprint density at radius 3 is 2.08 bits per heavy atom. The molecule has 0 aliphatic heterocycles. The van der Waals surface area contributed by atoms with Gasteiger partial charge in [0, 0.05) is 11.3 Å². The third-order valence-corrected chi connectivity index (χ3v) is 1.62. The normalized spacial score (nSPS) is 8.75. The van der Waals surface area contributed by atoms with Crippen molar-refractivity contribution >= 4 is 5.69 Å². The van der Waals surface area contributed by atoms with E-state index >= 15 is 0 Å². The van der Waals surface area contributed by atoms with Crippen molar-refractivity contribution in [3.63, 3.8) is 0 Å². The Balaban J connectivity index is 0.000000561. The molecule has 2 N–H and O–H groups in total. The average Bonchev–Trinajstić information content (AvgIpc) is 2.12. The van der Waals surface area contributed by atoms with Gasteiger partial charge in [-0.1, -0.05) is 19.9 Å². The fraction of sp³-hybridized carbons (Fsp3) is 0.400. The highest BCUT2D eigenvalue weighted by Crippen LogP contribution is 2.17. The van der Waals surface area contributed by atoms with Crippen molar-refractivity contribution in [3.05, 3.63) is 29.1 Å². The topological polar surface area (TPSA) is 26.0 Å². The number of nitrogens with two attached hydrogens (primary N) is 1. The number of hydrogen-bond donors (Lipinski definition) is 1. The molecule has 0 aliphatic rings. The largest absolute Gasteiger partial charge is 0.398 e. The van der Waals surface area contributed by atoms with Gasteiger partial charge in [-0.25, -0.2) is 4.39 Å². The minimum atomic E-state index is -0.194. The van der Waals surface area contributed by atoms with Gasteiger partial charge in [0.05, 0.1) is 0 Å². The van der Waals surface area contributed by atoms with Gasteiger partial charge in [-0.2, -0.15) is 0 Å². The van der Waals surface area contributed by atoms with Crippen LogP contribution in [0.1, 0.15) is 25.0 Å². The molecule has 0 unspecified atom stereocenters. The number of anilines is 1. The summed E-state index contributed by atoms with van der Waals surface area (Å²) in [5.74, 6) is -0.194. The van der Waals surface area contributed by atoms with Gasteiger partial charge >= 0.3 is 0 Å². The number of benzene rings is 1. The first-order valence-electron chi connectivity index (χ1n) is 4.14. The van der Waals surface area contributed by atoms with Crippen LogP contribution >= 0.6 is 0 Å². The van der Waals surface area contributed by atoms with Crippen LogP contribution in [-0.2, 0) is 0 Å². The van der Waals surface area contributed by atoms with E-state index in [1.807, 2.05) is 13.8 Å². The minimum absolute atomic E-state index is 0.194. The maximum absolute atomic E-state index is 12.9. The summed E-state index contributed by atoms with van der Waals surface area (Å²) in [6, 6.07) is 3.39. The van der Waals surface area contributed by atoms with Crippen molar-refractivity contribution in [2.24, 2.45) is 0 Å². The van der Waals surface area contributed by atoms with Crippen molar-refractivity contribution < 1.29 is 4.39 Å². The fourth-order valence-corrected chi connectivity index (χ4v) is 0.835. The molecule has 0 spiro atoms. The van der Waals surface area contributed by atoms with E-state index in [1.54, 1.807) is 26.0 Å². The molecule has 0 atom stereocenters. The summed E-state index contributed by atoms with van der Waals surface area (Å²) in [6.45, 7) is 7.40. The summed E-state index contributed by atoms with van der Waals surface area (Å²) in [6.07, 6.45) is 0. The summed E-state index contributed by atoms with van der Waals surface area (Å²) in [5, 5.41) is 0. The minimum Gasteiger partial charge on any atom is -0.398 e. The molecule has 2 heteroatoms. The molecule has 0 saturated carbocycles. The fourth-order valence-electron chi connectivity index (χ4n) is 0.835. The van der Waals surface area contributed by atoms with E-state index in [9.17, 15) is 4.39 Å². The Hall–Kier alpha value is -1.05. The van der Waals surface area contributed by atoms with E-state index in [1.165, 1.54) is 0 Å². The van der Waals surface area contributed by atoms with Gasteiger partial charge < -0.3 is 5.73 Å². The van der Waals surface area contributed by atoms with Gasteiger partial charge in [-0.3, -0.25) is 0 Å². The first-order valence-corrected chi connectivity index (χ1v) is 4.14. The molecule has 12 heavy (non-hydrogen) atoms. The van der Waals surface area contributed by atoms with Crippen molar-refractivity contribution in [3.8, 4) is 0 Å². The predicted octanol–water partition coefficient (Wildman–Crippen LogP) is 3.05. The number of halogens is 1. The third kappa shape index (κ3) is 2.22. The Morgan fingerprint density at radius 2 is 1.67 bits per heavy atom. The number of rotatable bonds is 0. The third-order valence-electron chi connectivity index (χ3n) is 1.62. The SMILES string of the molecule is CC.Cc1ccc(N)c(C)c1F. The second kappa shape index (κ2) is 4.75. The van der Waals surface area contributed by atoms with Crippen LogP contribution in [-0.4, -0.2) is 0 Å². The lowest BCUT2D eigenvalue weighted by Crippen LogP contribution is -1.94. The zero-order valence-corrected chi connectivity index (χ0v) is 8.11. The summed E-state index contributed by atoms with van der Waals surface area (Å²) in [5.41, 5.74) is 7.15. The summed E-state index contributed by atoms with van der Waals surface area (Å²) in [4.78, 5) is 0. The molecule has 1 aromatic rings. The molecule has 1 rings (SSSR count). The molecule has 0 fully saturated rings. The smallest absolute Gasteiger partial charge is 0.131 e. The first kappa shape index (κ1) is 11.0. The monoisotopic (exact) mass is 169 g/mol. The van der Waals surface area contributed by atoms with Gasteiger partial charge in [0.1, 0.15) is 5.82 Å². The first-order chi connectivity index (χ1) is 5.63. The average molecular weight is 169 g/mol. The van der Waals surface area contributed by atoms with Crippen LogP contribution in [0, 0.1) is 19.7 Å². The summed E-state index contributed by atoms with van der Waals surface area (Å²) >= 11 is 0. The molecule has 0 heterocycles. The molecule has 1 aromatic carbocycles. The highest BCUT2D eigenvalue weighted by Gasteiger charge is 2.02. The van der Waals surface area contributed by atoms with E-state index in [0.29, 0.717) is 16.8 Å². The molecule has 0 bridgehead atoms. The van der Waals surface area contributed by atoms with Crippen molar-refractivity contribution in [2.45, 2.75) is 27.7 Å². The number of hydrogen-bond acceptors (Lipinski definition) is 1. The van der Waals surface area contributed by atoms with E-state index in [4.69, 9.17) is 5.73 Å². The molecule has 1 nitrogen and oxygen atoms in total. The standard InChI is InChI=1S/C8H10FN.C2H6/c1-5-3-4-7(10)6(2)8(5)9;1-2/h3-4H,10H2,1-2H3;1-2H3. The second-order valence-electron chi connectivity index (χ2n) is 2.41. The molecule has 0 saturated heterocycles. The van der Waals surface area contributed by atoms with E-state index in [0.717, 1.165) is 0 Å². The summed E-state index contributed by atoms with van der Waals surface area (Å²) < 4.78 is 12.9. The van der Waals surface area contributed by atoms with Crippen LogP contribution in [0.25, 0.3) is 0 Å². The maximum Gasteiger partial charge on any atom is 0.131 e. The quantitative estimate of drug-likeness (QED) is 0.593. The van der Waals surface area contributed by atoms with Crippen LogP contribution in [0.5, 0.6) is 0 Å². The highest BCUT2D eigenvalue weighted by atomic mass is 19.1. The van der Waals surface area contributed by atoms with Crippen molar-refractivity contribution in [1.29, 1.82) is 0 Å². The van der Waals surface area contributed by atoms with Crippen molar-refractivity contribution in [1.82, 2.24) is 0 Å². The van der Waals surface area contributed by atoms with Crippen LogP contribution in [0.3, 0.4) is 0 Å². The van der Waals surface area contributed by atoms with E-state index in [2.05, 4.69) is 0 Å². The molecular weight excluding hydrogens is 153 g/mol. The molecule has 68 valence electrons. The Morgan fingerprint density at radius 1 is 1.17 bits per heavy atom. The van der Waals surface area contributed by atoms with Gasteiger partial charge in [0.25, 0.3) is 0 Å². The van der Waals surface area contributed by atoms with Crippen LogP contribution in [0.15, 0.2) is 12.1 Å². The van der Waals surface area contributed by atoms with Crippen LogP contribution in [0.4, 0.5) is 10.1 Å². The number of aryl methyl sites for hydroxylation is 1. The van der Waals surface area contributed by atoms with E-state index in [-0.39, 0.29) is 5.82 Å². The van der Waals surface area contributed by atoms with Crippen LogP contribution < -0.4 is 5.73 Å². The predicted molar refractivity (Wildman–Crippen MR) is 51.6 cm³/mol. The Labute approximate surface area is 73.4 Å². The van der Waals surface area contributed by atoms with Crippen LogP contribution in [0.2, 0.25) is 0 Å². The lowest BCUT2D eigenvalue weighted by atomic mass is 10.1. The zero-order chi connectivity index (χ0) is 9.72. The molecular formula is C10H16FN. The lowest BCUT2D eigenvalue weighted by Gasteiger charge is -2.02. The zero-order valence-electron chi connectivity index (χ0n) is 8.11. The van der Waals surface area contributed by atoms with Gasteiger partial charge in [0.15, 0.2) is 0 Å². The molecule has 0 radical (unpaired) electrons. The maximum atomic E-state index is 12.9. The van der Waals surface area contributed by atoms with Gasteiger partial charge in [-0.05, 0) is 25.5 Å². The second-order valence-corrected chi connectivity index (χ2v) is 2.41. The van der Waals surface area contributed by atoms with Gasteiger partial charge in [0.2, 0.25) is 0 Å². The van der Waals surface area contributed by atoms with E-state index < -0.39 is 0 Å². The molecule has 0 amide bonds. The summed E-state index contributed by atoms with van der Waals surface area (Å²) in [7, 11) is 0. The molecule has 0 aliphatic carbocycles. The van der Waals surface area contributed by atoms with Crippen molar-refractivity contribution in [2.75, 3.05) is 5.73 Å². The number of nitrogen functional groups attached to an aromatic ring is 1. The Bertz CT molecular complexity index is 229. The Kier molecular flexibility index (Phi) is 4.34. The highest BCUT2D eigenvalue weighted by molar-refractivity contribution is 5.48.